The number of hydrogen-bond acceptors (Lipinski definition) is 1. The maximum absolute atomic E-state index is 14.3. The molecule has 0 bridgehead atoms. The topological polar surface area (TPSA) is 12.0 Å². The summed E-state index contributed by atoms with van der Waals surface area (Å²) < 4.78 is 14.3. The predicted octanol–water partition coefficient (Wildman–Crippen LogP) is 5.51. The molecule has 1 nitrogen and oxygen atoms in total. The van der Waals surface area contributed by atoms with E-state index in [1.807, 2.05) is 6.08 Å². The molecule has 130 valence electrons. The molecule has 23 heavy (non-hydrogen) atoms. The van der Waals surface area contributed by atoms with Crippen LogP contribution in [-0.4, -0.2) is 21.4 Å². The zero-order valence-electron chi connectivity index (χ0n) is 15.6. The molecule has 2 fully saturated rings. The first-order valence-corrected chi connectivity index (χ1v) is 16.6. The summed E-state index contributed by atoms with van der Waals surface area (Å²) >= 11 is 0. The molecular weight excluding hydrogens is 317 g/mol. The molecular formula is C19H34FNSi2. The second-order valence-electron chi connectivity index (χ2n) is 9.34. The Morgan fingerprint density at radius 2 is 1.61 bits per heavy atom. The van der Waals surface area contributed by atoms with Crippen molar-refractivity contribution in [1.29, 1.82) is 0 Å². The molecule has 0 aromatic rings. The Kier molecular flexibility index (Phi) is 4.80. The van der Waals surface area contributed by atoms with Crippen LogP contribution in [-0.2, 0) is 0 Å². The molecule has 0 amide bonds. The summed E-state index contributed by atoms with van der Waals surface area (Å²) in [6.07, 6.45) is 11.8. The van der Waals surface area contributed by atoms with Gasteiger partial charge in [-0.05, 0) is 43.6 Å². The molecule has 3 rings (SSSR count). The van der Waals surface area contributed by atoms with Crippen molar-refractivity contribution < 1.29 is 4.39 Å². The summed E-state index contributed by atoms with van der Waals surface area (Å²) in [7, 11) is -3.08. The normalized spacial score (nSPS) is 32.7. The van der Waals surface area contributed by atoms with Gasteiger partial charge in [0.15, 0.2) is 0 Å². The molecule has 3 aliphatic carbocycles. The first kappa shape index (κ1) is 17.6. The second kappa shape index (κ2) is 6.27. The fourth-order valence-corrected chi connectivity index (χ4v) is 14.0. The van der Waals surface area contributed by atoms with E-state index in [1.165, 1.54) is 32.1 Å². The minimum absolute atomic E-state index is 0.149. The van der Waals surface area contributed by atoms with Crippen molar-refractivity contribution in [3.05, 3.63) is 23.2 Å². The Hall–Kier alpha value is -0.196. The predicted molar refractivity (Wildman–Crippen MR) is 103 cm³/mol. The van der Waals surface area contributed by atoms with Gasteiger partial charge in [-0.2, -0.15) is 0 Å². The quantitative estimate of drug-likeness (QED) is 0.659. The van der Waals surface area contributed by atoms with Crippen molar-refractivity contribution in [1.82, 2.24) is 4.98 Å². The lowest BCUT2D eigenvalue weighted by Gasteiger charge is -2.45. The van der Waals surface area contributed by atoms with Crippen molar-refractivity contribution in [3.63, 3.8) is 0 Å². The minimum atomic E-state index is -1.57. The van der Waals surface area contributed by atoms with Gasteiger partial charge in [-0.15, -0.1) is 0 Å². The molecule has 3 unspecified atom stereocenters. The molecule has 0 heterocycles. The Balaban J connectivity index is 1.85. The fraction of sp³-hybridized carbons (Fsp3) is 0.789. The number of hydrogen-bond donors (Lipinski definition) is 1. The van der Waals surface area contributed by atoms with Gasteiger partial charge in [0.1, 0.15) is 13.6 Å². The van der Waals surface area contributed by atoms with Gasteiger partial charge >= 0.3 is 0 Å². The number of fused-ring (bicyclic) bond motifs is 1. The molecule has 4 heteroatoms. The monoisotopic (exact) mass is 351 g/mol. The smallest absolute Gasteiger partial charge is 0.114 e. The van der Waals surface area contributed by atoms with E-state index in [-0.39, 0.29) is 11.7 Å². The highest BCUT2D eigenvalue weighted by atomic mass is 29.3. The number of allylic oxidation sites excluding steroid dienone is 4. The first-order valence-electron chi connectivity index (χ1n) is 9.58. The van der Waals surface area contributed by atoms with E-state index in [2.05, 4.69) is 44.2 Å². The van der Waals surface area contributed by atoms with Gasteiger partial charge in [-0.1, -0.05) is 57.2 Å². The van der Waals surface area contributed by atoms with Crippen molar-refractivity contribution in [2.24, 2.45) is 17.8 Å². The Labute approximate surface area is 143 Å². The molecule has 0 aliphatic heterocycles. The van der Waals surface area contributed by atoms with Gasteiger partial charge in [-0.3, -0.25) is 0 Å². The van der Waals surface area contributed by atoms with E-state index in [1.54, 1.807) is 5.20 Å². The van der Waals surface area contributed by atoms with Crippen LogP contribution in [0.25, 0.3) is 0 Å². The van der Waals surface area contributed by atoms with Crippen LogP contribution in [0.15, 0.2) is 23.2 Å². The number of nitrogens with one attached hydrogen (secondary N) is 1. The Morgan fingerprint density at radius 3 is 2.26 bits per heavy atom. The van der Waals surface area contributed by atoms with Crippen molar-refractivity contribution in [3.8, 4) is 0 Å². The second-order valence-corrected chi connectivity index (χ2v) is 24.2. The van der Waals surface area contributed by atoms with Crippen LogP contribution in [0.5, 0.6) is 0 Å². The average Bonchev–Trinajstić information content (AvgIpc) is 3.07. The largest absolute Gasteiger partial charge is 0.336 e. The Morgan fingerprint density at radius 1 is 1.00 bits per heavy atom. The molecule has 1 N–H and O–H groups in total. The lowest BCUT2D eigenvalue weighted by molar-refractivity contribution is 0.407. The zero-order chi connectivity index (χ0) is 16.8. The van der Waals surface area contributed by atoms with Crippen molar-refractivity contribution in [2.45, 2.75) is 77.7 Å². The molecule has 0 spiro atoms. The molecule has 0 aromatic heterocycles. The van der Waals surface area contributed by atoms with E-state index in [0.29, 0.717) is 11.8 Å². The maximum Gasteiger partial charge on any atom is 0.114 e. The Bertz CT molecular complexity index is 517. The van der Waals surface area contributed by atoms with Crippen LogP contribution in [0.2, 0.25) is 26.2 Å². The summed E-state index contributed by atoms with van der Waals surface area (Å²) in [5.74, 6) is 1.50. The highest BCUT2D eigenvalue weighted by Gasteiger charge is 2.51. The van der Waals surface area contributed by atoms with Crippen LogP contribution >= 0.6 is 0 Å². The van der Waals surface area contributed by atoms with Crippen molar-refractivity contribution >= 4 is 15.3 Å². The van der Waals surface area contributed by atoms with E-state index in [4.69, 9.17) is 0 Å². The molecule has 3 aliphatic rings. The van der Waals surface area contributed by atoms with Crippen LogP contribution < -0.4 is 4.98 Å². The third-order valence-corrected chi connectivity index (χ3v) is 24.1. The van der Waals surface area contributed by atoms with Gasteiger partial charge in [-0.25, -0.2) is 4.39 Å². The molecule has 0 saturated heterocycles. The standard InChI is InChI=1S/C19H34FNSi2/c1-14-12-16-17(13-14)19(11-10-18(16)20)22(2,3)23(4,5)21-15-8-6-7-9-15/h10-11,14-17,21H,6-9,12-13H2,1-5H3. The molecule has 0 aromatic carbocycles. The number of rotatable bonds is 4. The summed E-state index contributed by atoms with van der Waals surface area (Å²) in [6.45, 7) is 12.5. The van der Waals surface area contributed by atoms with Gasteiger partial charge in [0.2, 0.25) is 0 Å². The SMILES string of the molecule is CC1CC2C(F)=CC=C([Si](C)(C)[Si](C)(C)NC3CCCC3)C2C1. The fourth-order valence-electron chi connectivity index (χ4n) is 5.15. The van der Waals surface area contributed by atoms with Crippen molar-refractivity contribution in [2.75, 3.05) is 0 Å². The van der Waals surface area contributed by atoms with Crippen LogP contribution in [0.1, 0.15) is 45.4 Å². The summed E-state index contributed by atoms with van der Waals surface area (Å²) in [4.78, 5) is 4.14. The highest BCUT2D eigenvalue weighted by Crippen LogP contribution is 2.50. The first-order chi connectivity index (χ1) is 10.7. The highest BCUT2D eigenvalue weighted by molar-refractivity contribution is 7.42. The van der Waals surface area contributed by atoms with E-state index < -0.39 is 15.3 Å². The number of halogens is 1. The molecule has 2 saturated carbocycles. The molecule has 3 atom stereocenters. The summed E-state index contributed by atoms with van der Waals surface area (Å²) in [6, 6.07) is 0.748. The van der Waals surface area contributed by atoms with Crippen LogP contribution in [0.4, 0.5) is 4.39 Å². The van der Waals surface area contributed by atoms with Gasteiger partial charge in [0, 0.05) is 12.0 Å². The minimum Gasteiger partial charge on any atom is -0.336 e. The zero-order valence-corrected chi connectivity index (χ0v) is 17.6. The van der Waals surface area contributed by atoms with E-state index in [0.717, 1.165) is 12.5 Å². The third-order valence-electron chi connectivity index (χ3n) is 7.18. The van der Waals surface area contributed by atoms with Crippen LogP contribution in [0, 0.1) is 17.8 Å². The summed E-state index contributed by atoms with van der Waals surface area (Å²) in [5.41, 5.74) is 0. The third kappa shape index (κ3) is 3.19. The molecule has 0 radical (unpaired) electrons. The van der Waals surface area contributed by atoms with E-state index >= 15 is 0 Å². The lowest BCUT2D eigenvalue weighted by atomic mass is 9.90. The van der Waals surface area contributed by atoms with Gasteiger partial charge < -0.3 is 4.98 Å². The van der Waals surface area contributed by atoms with Crippen LogP contribution in [0.3, 0.4) is 0 Å². The van der Waals surface area contributed by atoms with E-state index in [9.17, 15) is 4.39 Å². The lowest BCUT2D eigenvalue weighted by Crippen LogP contribution is -2.68. The van der Waals surface area contributed by atoms with Gasteiger partial charge in [0.05, 0.1) is 7.59 Å². The van der Waals surface area contributed by atoms with Gasteiger partial charge in [0.25, 0.3) is 0 Å². The summed E-state index contributed by atoms with van der Waals surface area (Å²) in [5, 5.41) is 1.66. The average molecular weight is 352 g/mol. The maximum atomic E-state index is 14.3.